The van der Waals surface area contributed by atoms with Crippen LogP contribution in [-0.2, 0) is 4.79 Å². The summed E-state index contributed by atoms with van der Waals surface area (Å²) in [7, 11) is 0. The van der Waals surface area contributed by atoms with Gasteiger partial charge in [-0.2, -0.15) is 0 Å². The van der Waals surface area contributed by atoms with Crippen molar-refractivity contribution in [3.05, 3.63) is 21.6 Å². The van der Waals surface area contributed by atoms with Gasteiger partial charge in [0.15, 0.2) is 5.78 Å². The Bertz CT molecular complexity index is 630. The summed E-state index contributed by atoms with van der Waals surface area (Å²) in [6, 6.07) is 0. The van der Waals surface area contributed by atoms with Gasteiger partial charge in [-0.15, -0.1) is 0 Å². The molecule has 0 aromatic carbocycles. The lowest BCUT2D eigenvalue weighted by Crippen LogP contribution is -2.29. The van der Waals surface area contributed by atoms with E-state index in [4.69, 9.17) is 12.2 Å². The van der Waals surface area contributed by atoms with Crippen molar-refractivity contribution >= 4 is 35.5 Å². The number of ketones is 1. The normalized spacial score (nSPS) is 21.1. The van der Waals surface area contributed by atoms with E-state index in [2.05, 4.69) is 29.1 Å². The van der Waals surface area contributed by atoms with Crippen LogP contribution in [0.2, 0.25) is 0 Å². The number of nitrogens with one attached hydrogen (secondary N) is 2. The monoisotopic (exact) mass is 279 g/mol. The molecule has 0 spiro atoms. The first-order chi connectivity index (χ1) is 8.46. The second-order valence-corrected chi connectivity index (χ2v) is 6.79. The Hall–Kier alpha value is -1.14. The summed E-state index contributed by atoms with van der Waals surface area (Å²) in [6.45, 7) is 4.22. The molecule has 94 valence electrons. The lowest BCUT2D eigenvalue weighted by atomic mass is 9.78. The molecule has 1 aliphatic heterocycles. The minimum absolute atomic E-state index is 0.00845. The predicted octanol–water partition coefficient (Wildman–Crippen LogP) is 3.26. The first-order valence-electron chi connectivity index (χ1n) is 5.75. The smallest absolute Gasteiger partial charge is 0.171 e. The van der Waals surface area contributed by atoms with E-state index < -0.39 is 0 Å². The minimum Gasteiger partial charge on any atom is -0.353 e. The average Bonchev–Trinajstić information content (AvgIpc) is 2.27. The van der Waals surface area contributed by atoms with Gasteiger partial charge in [-0.3, -0.25) is 4.79 Å². The summed E-state index contributed by atoms with van der Waals surface area (Å²) < 4.78 is 0.634. The van der Waals surface area contributed by atoms with Gasteiger partial charge in [-0.25, -0.2) is 4.98 Å². The lowest BCUT2D eigenvalue weighted by molar-refractivity contribution is -0.117. The van der Waals surface area contributed by atoms with E-state index in [1.165, 1.54) is 11.8 Å². The molecule has 0 fully saturated rings. The summed E-state index contributed by atoms with van der Waals surface area (Å²) in [5.41, 5.74) is 1.82. The number of aromatic nitrogens is 2. The van der Waals surface area contributed by atoms with Crippen LogP contribution in [0.1, 0.15) is 26.7 Å². The molecule has 2 N–H and O–H groups in total. The van der Waals surface area contributed by atoms with Gasteiger partial charge in [0.1, 0.15) is 15.4 Å². The number of hydrogen-bond acceptors (Lipinski definition) is 5. The molecular formula is C12H13N3OS2. The van der Waals surface area contributed by atoms with Gasteiger partial charge in [0, 0.05) is 12.1 Å². The van der Waals surface area contributed by atoms with Crippen molar-refractivity contribution in [1.82, 2.24) is 9.97 Å². The van der Waals surface area contributed by atoms with Gasteiger partial charge in [-0.05, 0) is 11.8 Å². The fraction of sp³-hybridized carbons (Fsp3) is 0.417. The van der Waals surface area contributed by atoms with Crippen LogP contribution in [0.25, 0.3) is 0 Å². The molecule has 0 radical (unpaired) electrons. The van der Waals surface area contributed by atoms with Crippen LogP contribution in [0.4, 0.5) is 5.69 Å². The summed E-state index contributed by atoms with van der Waals surface area (Å²) in [6.07, 6.45) is 3.03. The van der Waals surface area contributed by atoms with E-state index in [9.17, 15) is 4.79 Å². The van der Waals surface area contributed by atoms with Crippen molar-refractivity contribution in [2.45, 2.75) is 31.7 Å². The third-order valence-electron chi connectivity index (χ3n) is 3.11. The molecule has 4 nitrogen and oxygen atoms in total. The maximum atomic E-state index is 12.2. The lowest BCUT2D eigenvalue weighted by Gasteiger charge is -2.34. The third kappa shape index (κ3) is 1.89. The summed E-state index contributed by atoms with van der Waals surface area (Å²) in [4.78, 5) is 20.1. The molecule has 0 saturated carbocycles. The van der Waals surface area contributed by atoms with Gasteiger partial charge in [0.25, 0.3) is 0 Å². The highest BCUT2D eigenvalue weighted by atomic mass is 32.2. The zero-order valence-electron chi connectivity index (χ0n) is 10.2. The van der Waals surface area contributed by atoms with Crippen molar-refractivity contribution in [3.8, 4) is 0 Å². The van der Waals surface area contributed by atoms with Crippen LogP contribution in [0.15, 0.2) is 22.0 Å². The van der Waals surface area contributed by atoms with Gasteiger partial charge >= 0.3 is 0 Å². The van der Waals surface area contributed by atoms with E-state index in [0.717, 1.165) is 27.7 Å². The van der Waals surface area contributed by atoms with Crippen LogP contribution in [0.3, 0.4) is 0 Å². The second-order valence-electron chi connectivity index (χ2n) is 5.39. The van der Waals surface area contributed by atoms with E-state index in [-0.39, 0.29) is 11.2 Å². The second kappa shape index (κ2) is 3.93. The molecule has 0 atom stereocenters. The van der Waals surface area contributed by atoms with E-state index in [1.807, 2.05) is 0 Å². The number of rotatable bonds is 0. The largest absolute Gasteiger partial charge is 0.353 e. The molecule has 1 aliphatic carbocycles. The minimum atomic E-state index is 0.00845. The van der Waals surface area contributed by atoms with Gasteiger partial charge in [0.2, 0.25) is 0 Å². The highest BCUT2D eigenvalue weighted by Crippen LogP contribution is 2.47. The van der Waals surface area contributed by atoms with E-state index in [0.29, 0.717) is 11.1 Å². The number of aromatic amines is 1. The first-order valence-corrected chi connectivity index (χ1v) is 6.98. The van der Waals surface area contributed by atoms with Gasteiger partial charge in [0.05, 0.1) is 11.2 Å². The van der Waals surface area contributed by atoms with Crippen LogP contribution in [-0.4, -0.2) is 15.8 Å². The fourth-order valence-electron chi connectivity index (χ4n) is 2.34. The number of carbonyl (C=O) groups excluding carboxylic acids is 1. The molecule has 2 aliphatic rings. The molecule has 6 heteroatoms. The van der Waals surface area contributed by atoms with Crippen molar-refractivity contribution in [1.29, 1.82) is 0 Å². The number of carbonyl (C=O) groups is 1. The Morgan fingerprint density at radius 3 is 3.00 bits per heavy atom. The molecule has 0 saturated heterocycles. The van der Waals surface area contributed by atoms with Crippen molar-refractivity contribution < 1.29 is 4.79 Å². The topological polar surface area (TPSA) is 57.8 Å². The molecule has 0 unspecified atom stereocenters. The van der Waals surface area contributed by atoms with Crippen molar-refractivity contribution in [3.63, 3.8) is 0 Å². The zero-order valence-corrected chi connectivity index (χ0v) is 11.8. The number of anilines is 1. The Kier molecular flexibility index (Phi) is 2.60. The van der Waals surface area contributed by atoms with E-state index in [1.54, 1.807) is 6.33 Å². The highest BCUT2D eigenvalue weighted by Gasteiger charge is 2.36. The number of H-pyrrole nitrogens is 1. The standard InChI is InChI=1S/C12H13N3OS2/c1-12(2)3-6-9(7(16)4-12)18-11-8(15-6)10(17)13-5-14-11/h5,15H,3-4H2,1-2H3,(H,13,14,17). The zero-order chi connectivity index (χ0) is 12.9. The highest BCUT2D eigenvalue weighted by molar-refractivity contribution is 8.04. The molecule has 1 aromatic heterocycles. The quantitative estimate of drug-likeness (QED) is 0.564. The number of allylic oxidation sites excluding steroid dienone is 2. The Labute approximate surface area is 114 Å². The molecule has 0 bridgehead atoms. The Morgan fingerprint density at radius 1 is 1.44 bits per heavy atom. The number of thioether (sulfide) groups is 1. The van der Waals surface area contributed by atoms with Crippen LogP contribution in [0, 0.1) is 10.1 Å². The van der Waals surface area contributed by atoms with Gasteiger partial charge in [-0.1, -0.05) is 37.8 Å². The maximum Gasteiger partial charge on any atom is 0.171 e. The molecular weight excluding hydrogens is 266 g/mol. The number of Topliss-reactive ketones (excluding diaryl/α,β-unsaturated/α-hetero) is 1. The Morgan fingerprint density at radius 2 is 2.22 bits per heavy atom. The van der Waals surface area contributed by atoms with E-state index >= 15 is 0 Å². The number of hydrogen-bond donors (Lipinski definition) is 2. The summed E-state index contributed by atoms with van der Waals surface area (Å²) in [5, 5.41) is 4.08. The predicted molar refractivity (Wildman–Crippen MR) is 73.9 cm³/mol. The van der Waals surface area contributed by atoms with Gasteiger partial charge < -0.3 is 10.3 Å². The Balaban J connectivity index is 2.07. The summed E-state index contributed by atoms with van der Waals surface area (Å²) >= 11 is 6.67. The molecule has 2 heterocycles. The molecule has 3 rings (SSSR count). The van der Waals surface area contributed by atoms with Crippen molar-refractivity contribution in [2.24, 2.45) is 5.41 Å². The molecule has 18 heavy (non-hydrogen) atoms. The summed E-state index contributed by atoms with van der Waals surface area (Å²) in [5.74, 6) is 0.199. The van der Waals surface area contributed by atoms with Crippen molar-refractivity contribution in [2.75, 3.05) is 5.32 Å². The number of nitrogens with zero attached hydrogens (tertiary/aromatic N) is 1. The SMILES string of the molecule is CC1(C)CC(=O)C2=C(C1)Nc1c(nc[nH]c1=S)S2. The third-order valence-corrected chi connectivity index (χ3v) is 4.62. The van der Waals surface area contributed by atoms with Crippen LogP contribution < -0.4 is 5.32 Å². The number of fused-ring (bicyclic) bond motifs is 1. The van der Waals surface area contributed by atoms with Crippen LogP contribution >= 0.6 is 24.0 Å². The molecule has 0 amide bonds. The molecule has 1 aromatic rings. The fourth-order valence-corrected chi connectivity index (χ4v) is 3.59. The first kappa shape index (κ1) is 11.9. The maximum absolute atomic E-state index is 12.2. The average molecular weight is 279 g/mol. The van der Waals surface area contributed by atoms with Crippen LogP contribution in [0.5, 0.6) is 0 Å².